The fraction of sp³-hybridized carbons (Fsp3) is 0.333. The van der Waals surface area contributed by atoms with E-state index in [1.54, 1.807) is 6.07 Å². The second-order valence-electron chi connectivity index (χ2n) is 2.97. The average molecular weight is 178 g/mol. The molecule has 1 aliphatic rings. The number of rotatable bonds is 1. The van der Waals surface area contributed by atoms with Gasteiger partial charge in [-0.05, 0) is 18.1 Å². The molecule has 68 valence electrons. The maximum absolute atomic E-state index is 11.3. The van der Waals surface area contributed by atoms with Crippen LogP contribution in [-0.2, 0) is 13.0 Å². The van der Waals surface area contributed by atoms with E-state index in [0.717, 1.165) is 12.0 Å². The van der Waals surface area contributed by atoms with E-state index in [4.69, 9.17) is 5.11 Å². The van der Waals surface area contributed by atoms with Gasteiger partial charge in [-0.3, -0.25) is 4.79 Å². The molecule has 0 unspecified atom stereocenters. The maximum Gasteiger partial charge on any atom is 0.270 e. The van der Waals surface area contributed by atoms with Crippen molar-refractivity contribution in [3.8, 4) is 0 Å². The van der Waals surface area contributed by atoms with Crippen molar-refractivity contribution in [2.45, 2.75) is 13.0 Å². The number of aromatic nitrogens is 1. The number of fused-ring (bicyclic) bond motifs is 1. The van der Waals surface area contributed by atoms with Crippen LogP contribution in [0.15, 0.2) is 12.1 Å². The number of nitrogens with zero attached hydrogens (tertiary/aromatic N) is 1. The predicted octanol–water partition coefficient (Wildman–Crippen LogP) is -0.140. The second-order valence-corrected chi connectivity index (χ2v) is 2.97. The molecular formula is C9H10N2O2. The molecule has 0 atom stereocenters. The first-order valence-electron chi connectivity index (χ1n) is 4.19. The summed E-state index contributed by atoms with van der Waals surface area (Å²) in [5.41, 5.74) is 1.95. The average Bonchev–Trinajstić information content (AvgIpc) is 2.18. The number of aliphatic hydroxyl groups excluding tert-OH is 1. The Balaban J connectivity index is 2.47. The van der Waals surface area contributed by atoms with Crippen LogP contribution in [0.25, 0.3) is 0 Å². The predicted molar refractivity (Wildman–Crippen MR) is 46.2 cm³/mol. The Morgan fingerprint density at radius 3 is 3.15 bits per heavy atom. The highest BCUT2D eigenvalue weighted by Crippen LogP contribution is 2.11. The molecular weight excluding hydrogens is 168 g/mol. The van der Waals surface area contributed by atoms with Gasteiger partial charge in [-0.2, -0.15) is 0 Å². The Kier molecular flexibility index (Phi) is 1.98. The van der Waals surface area contributed by atoms with Crippen molar-refractivity contribution in [3.05, 3.63) is 29.1 Å². The third-order valence-corrected chi connectivity index (χ3v) is 2.09. The summed E-state index contributed by atoms with van der Waals surface area (Å²) < 4.78 is 0. The summed E-state index contributed by atoms with van der Waals surface area (Å²) >= 11 is 0. The van der Waals surface area contributed by atoms with E-state index in [-0.39, 0.29) is 12.5 Å². The topological polar surface area (TPSA) is 62.2 Å². The summed E-state index contributed by atoms with van der Waals surface area (Å²) in [6.45, 7) is 0.548. The van der Waals surface area contributed by atoms with Crippen LogP contribution in [0.3, 0.4) is 0 Å². The number of carbonyl (C=O) groups excluding carboxylic acids is 1. The first-order valence-corrected chi connectivity index (χ1v) is 4.19. The Hall–Kier alpha value is -1.42. The molecule has 2 heterocycles. The number of pyridine rings is 1. The zero-order valence-corrected chi connectivity index (χ0v) is 7.08. The van der Waals surface area contributed by atoms with Crippen LogP contribution in [0.5, 0.6) is 0 Å². The van der Waals surface area contributed by atoms with Gasteiger partial charge in [0.2, 0.25) is 0 Å². The van der Waals surface area contributed by atoms with Crippen molar-refractivity contribution >= 4 is 5.91 Å². The molecule has 1 aromatic heterocycles. The third kappa shape index (κ3) is 1.40. The molecule has 1 amide bonds. The molecule has 1 aromatic rings. The lowest BCUT2D eigenvalue weighted by Gasteiger charge is -2.15. The molecule has 1 aliphatic heterocycles. The van der Waals surface area contributed by atoms with Crippen molar-refractivity contribution in [1.29, 1.82) is 0 Å². The van der Waals surface area contributed by atoms with E-state index in [0.29, 0.717) is 17.9 Å². The summed E-state index contributed by atoms with van der Waals surface area (Å²) in [6, 6.07) is 3.60. The highest BCUT2D eigenvalue weighted by molar-refractivity contribution is 5.94. The van der Waals surface area contributed by atoms with E-state index >= 15 is 0 Å². The van der Waals surface area contributed by atoms with Crippen molar-refractivity contribution < 1.29 is 9.90 Å². The zero-order chi connectivity index (χ0) is 9.26. The molecule has 13 heavy (non-hydrogen) atoms. The standard InChI is InChI=1S/C9H10N2O2/c12-5-7-2-1-6-3-4-10-9(13)8(6)11-7/h1-2,12H,3-5H2,(H,10,13). The number of hydrogen-bond acceptors (Lipinski definition) is 3. The number of aliphatic hydroxyl groups is 1. The second kappa shape index (κ2) is 3.14. The Morgan fingerprint density at radius 2 is 2.38 bits per heavy atom. The minimum absolute atomic E-state index is 0.124. The van der Waals surface area contributed by atoms with Crippen LogP contribution < -0.4 is 5.32 Å². The van der Waals surface area contributed by atoms with Crippen molar-refractivity contribution in [3.63, 3.8) is 0 Å². The van der Waals surface area contributed by atoms with Crippen LogP contribution >= 0.6 is 0 Å². The third-order valence-electron chi connectivity index (χ3n) is 2.09. The summed E-state index contributed by atoms with van der Waals surface area (Å²) in [5.74, 6) is -0.142. The highest BCUT2D eigenvalue weighted by Gasteiger charge is 2.17. The highest BCUT2D eigenvalue weighted by atomic mass is 16.3. The van der Waals surface area contributed by atoms with Gasteiger partial charge in [-0.1, -0.05) is 6.07 Å². The van der Waals surface area contributed by atoms with Gasteiger partial charge in [-0.25, -0.2) is 4.98 Å². The summed E-state index contributed by atoms with van der Waals surface area (Å²) in [6.07, 6.45) is 0.819. The Morgan fingerprint density at radius 1 is 1.54 bits per heavy atom. The first-order chi connectivity index (χ1) is 6.31. The van der Waals surface area contributed by atoms with Crippen molar-refractivity contribution in [2.75, 3.05) is 6.54 Å². The van der Waals surface area contributed by atoms with E-state index in [2.05, 4.69) is 10.3 Å². The van der Waals surface area contributed by atoms with Crippen LogP contribution in [0.4, 0.5) is 0 Å². The quantitative estimate of drug-likeness (QED) is 0.629. The smallest absolute Gasteiger partial charge is 0.270 e. The van der Waals surface area contributed by atoms with Gasteiger partial charge in [-0.15, -0.1) is 0 Å². The van der Waals surface area contributed by atoms with Gasteiger partial charge in [0.05, 0.1) is 12.3 Å². The molecule has 0 radical (unpaired) electrons. The van der Waals surface area contributed by atoms with Gasteiger partial charge >= 0.3 is 0 Å². The van der Waals surface area contributed by atoms with Gasteiger partial charge in [0.1, 0.15) is 5.69 Å². The van der Waals surface area contributed by atoms with E-state index in [1.807, 2.05) is 6.07 Å². The number of carbonyl (C=O) groups is 1. The molecule has 0 aliphatic carbocycles. The largest absolute Gasteiger partial charge is 0.390 e. The lowest BCUT2D eigenvalue weighted by Crippen LogP contribution is -2.33. The molecule has 4 heteroatoms. The van der Waals surface area contributed by atoms with Crippen LogP contribution in [0, 0.1) is 0 Å². The molecule has 2 N–H and O–H groups in total. The molecule has 0 fully saturated rings. The molecule has 0 saturated heterocycles. The number of hydrogen-bond donors (Lipinski definition) is 2. The molecule has 0 saturated carbocycles. The summed E-state index contributed by atoms with van der Waals surface area (Å²) in [5, 5.41) is 11.5. The lowest BCUT2D eigenvalue weighted by molar-refractivity contribution is 0.0940. The minimum atomic E-state index is -0.142. The SMILES string of the molecule is O=C1NCCc2ccc(CO)nc21. The normalized spacial score (nSPS) is 15.0. The van der Waals surface area contributed by atoms with Gasteiger partial charge in [0.25, 0.3) is 5.91 Å². The molecule has 0 aromatic carbocycles. The summed E-state index contributed by atoms with van der Waals surface area (Å²) in [4.78, 5) is 15.3. The molecule has 0 bridgehead atoms. The monoisotopic (exact) mass is 178 g/mol. The first kappa shape index (κ1) is 8.19. The van der Waals surface area contributed by atoms with Gasteiger partial charge in [0.15, 0.2) is 0 Å². The van der Waals surface area contributed by atoms with Crippen molar-refractivity contribution in [1.82, 2.24) is 10.3 Å². The van der Waals surface area contributed by atoms with E-state index in [1.165, 1.54) is 0 Å². The molecule has 0 spiro atoms. The van der Waals surface area contributed by atoms with Crippen LogP contribution in [-0.4, -0.2) is 22.5 Å². The lowest BCUT2D eigenvalue weighted by atomic mass is 10.1. The fourth-order valence-corrected chi connectivity index (χ4v) is 1.41. The van der Waals surface area contributed by atoms with E-state index < -0.39 is 0 Å². The van der Waals surface area contributed by atoms with E-state index in [9.17, 15) is 4.79 Å². The zero-order valence-electron chi connectivity index (χ0n) is 7.08. The van der Waals surface area contributed by atoms with Crippen LogP contribution in [0.2, 0.25) is 0 Å². The van der Waals surface area contributed by atoms with Gasteiger partial charge < -0.3 is 10.4 Å². The summed E-state index contributed by atoms with van der Waals surface area (Å²) in [7, 11) is 0. The number of amides is 1. The molecule has 2 rings (SSSR count). The minimum Gasteiger partial charge on any atom is -0.390 e. The Labute approximate surface area is 75.6 Å². The van der Waals surface area contributed by atoms with Gasteiger partial charge in [0, 0.05) is 6.54 Å². The molecule has 4 nitrogen and oxygen atoms in total. The Bertz CT molecular complexity index is 349. The fourth-order valence-electron chi connectivity index (χ4n) is 1.41. The van der Waals surface area contributed by atoms with Crippen LogP contribution in [0.1, 0.15) is 21.7 Å². The number of nitrogens with one attached hydrogen (secondary N) is 1. The van der Waals surface area contributed by atoms with Crippen molar-refractivity contribution in [2.24, 2.45) is 0 Å². The maximum atomic E-state index is 11.3.